The molecule has 6 heteroatoms. The van der Waals surface area contributed by atoms with E-state index < -0.39 is 0 Å². The predicted octanol–water partition coefficient (Wildman–Crippen LogP) is 3.27. The topological polar surface area (TPSA) is 43.3 Å². The molecule has 0 amide bonds. The lowest BCUT2D eigenvalue weighted by Crippen LogP contribution is -2.24. The highest BCUT2D eigenvalue weighted by molar-refractivity contribution is 9.10. The third-order valence-electron chi connectivity index (χ3n) is 3.80. The molecular weight excluding hydrogens is 375 g/mol. The maximum atomic E-state index is 13.3. The standard InChI is InChI=1S/C18H16BrFN2O2/c1-24-16-6-5-13(10-21-16)15-7-8-22(18(23)17(15)19)11-12-3-2-4-14(20)9-12/h2-9,21H,10-11H2,1H3. The number of pyridine rings is 1. The van der Waals surface area contributed by atoms with Gasteiger partial charge in [0.2, 0.25) is 0 Å². The van der Waals surface area contributed by atoms with Gasteiger partial charge in [0.1, 0.15) is 5.82 Å². The Morgan fingerprint density at radius 3 is 2.83 bits per heavy atom. The van der Waals surface area contributed by atoms with Gasteiger partial charge in [-0.1, -0.05) is 18.2 Å². The molecule has 0 atom stereocenters. The molecular formula is C18H16BrFN2O2. The van der Waals surface area contributed by atoms with Crippen molar-refractivity contribution in [1.29, 1.82) is 0 Å². The van der Waals surface area contributed by atoms with Gasteiger partial charge >= 0.3 is 0 Å². The highest BCUT2D eigenvalue weighted by Gasteiger charge is 2.14. The Morgan fingerprint density at radius 2 is 2.17 bits per heavy atom. The van der Waals surface area contributed by atoms with Crippen LogP contribution in [-0.2, 0) is 11.3 Å². The van der Waals surface area contributed by atoms with E-state index in [4.69, 9.17) is 4.74 Å². The summed E-state index contributed by atoms with van der Waals surface area (Å²) in [5, 5.41) is 3.12. The van der Waals surface area contributed by atoms with Crippen LogP contribution in [0.4, 0.5) is 4.39 Å². The fourth-order valence-electron chi connectivity index (χ4n) is 2.55. The van der Waals surface area contributed by atoms with Crippen molar-refractivity contribution in [1.82, 2.24) is 9.88 Å². The van der Waals surface area contributed by atoms with Crippen LogP contribution in [0.25, 0.3) is 5.57 Å². The highest BCUT2D eigenvalue weighted by Crippen LogP contribution is 2.23. The van der Waals surface area contributed by atoms with Crippen LogP contribution in [0.3, 0.4) is 0 Å². The number of ether oxygens (including phenoxy) is 1. The Balaban J connectivity index is 1.91. The smallest absolute Gasteiger partial charge is 0.265 e. The average molecular weight is 391 g/mol. The number of nitrogens with one attached hydrogen (secondary N) is 1. The van der Waals surface area contributed by atoms with Gasteiger partial charge in [0.15, 0.2) is 5.88 Å². The second kappa shape index (κ2) is 7.05. The molecule has 24 heavy (non-hydrogen) atoms. The zero-order valence-electron chi connectivity index (χ0n) is 13.1. The molecule has 0 unspecified atom stereocenters. The fraction of sp³-hybridized carbons (Fsp3) is 0.167. The van der Waals surface area contributed by atoms with Crippen LogP contribution in [0.1, 0.15) is 11.1 Å². The van der Waals surface area contributed by atoms with Crippen LogP contribution in [0, 0.1) is 5.82 Å². The molecule has 124 valence electrons. The van der Waals surface area contributed by atoms with Crippen molar-refractivity contribution in [2.45, 2.75) is 6.54 Å². The molecule has 1 aromatic carbocycles. The quantitative estimate of drug-likeness (QED) is 0.870. The van der Waals surface area contributed by atoms with Crippen molar-refractivity contribution in [3.8, 4) is 0 Å². The van der Waals surface area contributed by atoms with Crippen LogP contribution in [0.2, 0.25) is 0 Å². The number of allylic oxidation sites excluding steroid dienone is 2. The summed E-state index contributed by atoms with van der Waals surface area (Å²) in [7, 11) is 1.60. The van der Waals surface area contributed by atoms with Gasteiger partial charge in [-0.15, -0.1) is 0 Å². The van der Waals surface area contributed by atoms with Gasteiger partial charge in [-0.2, -0.15) is 0 Å². The van der Waals surface area contributed by atoms with E-state index in [1.807, 2.05) is 18.2 Å². The first-order valence-corrected chi connectivity index (χ1v) is 8.20. The fourth-order valence-corrected chi connectivity index (χ4v) is 3.17. The van der Waals surface area contributed by atoms with E-state index >= 15 is 0 Å². The molecule has 0 aliphatic carbocycles. The van der Waals surface area contributed by atoms with Crippen molar-refractivity contribution in [3.05, 3.63) is 86.3 Å². The van der Waals surface area contributed by atoms with E-state index in [1.165, 1.54) is 12.1 Å². The SMILES string of the molecule is COC1=CC=C(c2ccn(Cc3cccc(F)c3)c(=O)c2Br)CN1. The lowest BCUT2D eigenvalue weighted by atomic mass is 10.1. The summed E-state index contributed by atoms with van der Waals surface area (Å²) in [5.74, 6) is 0.379. The van der Waals surface area contributed by atoms with Gasteiger partial charge in [-0.3, -0.25) is 4.79 Å². The normalized spacial score (nSPS) is 13.8. The number of benzene rings is 1. The summed E-state index contributed by atoms with van der Waals surface area (Å²) < 4.78 is 20.5. The zero-order valence-corrected chi connectivity index (χ0v) is 14.6. The summed E-state index contributed by atoms with van der Waals surface area (Å²) in [4.78, 5) is 12.6. The Morgan fingerprint density at radius 1 is 1.33 bits per heavy atom. The van der Waals surface area contributed by atoms with Gasteiger partial charge in [0, 0.05) is 18.3 Å². The molecule has 0 saturated carbocycles. The third-order valence-corrected chi connectivity index (χ3v) is 4.57. The van der Waals surface area contributed by atoms with Gasteiger partial charge < -0.3 is 14.6 Å². The minimum absolute atomic E-state index is 0.154. The minimum Gasteiger partial charge on any atom is -0.483 e. The lowest BCUT2D eigenvalue weighted by molar-refractivity contribution is 0.264. The summed E-state index contributed by atoms with van der Waals surface area (Å²) in [5.41, 5.74) is 2.40. The van der Waals surface area contributed by atoms with E-state index in [1.54, 1.807) is 30.0 Å². The highest BCUT2D eigenvalue weighted by atomic mass is 79.9. The molecule has 4 nitrogen and oxygen atoms in total. The number of halogens is 2. The van der Waals surface area contributed by atoms with E-state index in [0.717, 1.165) is 16.7 Å². The van der Waals surface area contributed by atoms with Gasteiger partial charge in [0.25, 0.3) is 5.56 Å². The van der Waals surface area contributed by atoms with Gasteiger partial charge in [0.05, 0.1) is 18.1 Å². The molecule has 1 aliphatic rings. The molecule has 2 heterocycles. The van der Waals surface area contributed by atoms with Crippen molar-refractivity contribution in [2.24, 2.45) is 0 Å². The second-order valence-corrected chi connectivity index (χ2v) is 6.18. The van der Waals surface area contributed by atoms with Crippen LogP contribution in [0.15, 0.2) is 63.8 Å². The molecule has 1 aromatic heterocycles. The van der Waals surface area contributed by atoms with Crippen LogP contribution < -0.4 is 10.9 Å². The summed E-state index contributed by atoms with van der Waals surface area (Å²) in [6.45, 7) is 0.895. The first-order valence-electron chi connectivity index (χ1n) is 7.41. The maximum absolute atomic E-state index is 13.3. The summed E-state index contributed by atoms with van der Waals surface area (Å²) in [6.07, 6.45) is 5.47. The number of hydrogen-bond donors (Lipinski definition) is 1. The molecule has 3 rings (SSSR count). The Labute approximate surface area is 147 Å². The number of dihydropyridines is 1. The number of aromatic nitrogens is 1. The molecule has 0 saturated heterocycles. The minimum atomic E-state index is -0.310. The Kier molecular flexibility index (Phi) is 4.85. The third kappa shape index (κ3) is 3.43. The number of methoxy groups -OCH3 is 1. The number of hydrogen-bond acceptors (Lipinski definition) is 3. The van der Waals surface area contributed by atoms with E-state index in [9.17, 15) is 9.18 Å². The van der Waals surface area contributed by atoms with E-state index in [-0.39, 0.29) is 11.4 Å². The van der Waals surface area contributed by atoms with Gasteiger partial charge in [-0.05, 0) is 51.3 Å². The van der Waals surface area contributed by atoms with Crippen LogP contribution in [0.5, 0.6) is 0 Å². The predicted molar refractivity (Wildman–Crippen MR) is 95.0 cm³/mol. The molecule has 0 spiro atoms. The van der Waals surface area contributed by atoms with Crippen molar-refractivity contribution in [3.63, 3.8) is 0 Å². The van der Waals surface area contributed by atoms with Gasteiger partial charge in [-0.25, -0.2) is 4.39 Å². The summed E-state index contributed by atoms with van der Waals surface area (Å²) >= 11 is 3.40. The summed E-state index contributed by atoms with van der Waals surface area (Å²) in [6, 6.07) is 8.12. The Bertz CT molecular complexity index is 887. The monoisotopic (exact) mass is 390 g/mol. The van der Waals surface area contributed by atoms with Crippen molar-refractivity contribution < 1.29 is 9.13 Å². The molecule has 0 radical (unpaired) electrons. The van der Waals surface area contributed by atoms with E-state index in [0.29, 0.717) is 23.4 Å². The Hall–Kier alpha value is -2.34. The van der Waals surface area contributed by atoms with Crippen LogP contribution >= 0.6 is 15.9 Å². The number of rotatable bonds is 4. The average Bonchev–Trinajstić information content (AvgIpc) is 2.59. The first kappa shape index (κ1) is 16.5. The molecule has 1 N–H and O–H groups in total. The molecule has 0 bridgehead atoms. The maximum Gasteiger partial charge on any atom is 0.265 e. The molecule has 2 aromatic rings. The largest absolute Gasteiger partial charge is 0.483 e. The van der Waals surface area contributed by atoms with E-state index in [2.05, 4.69) is 21.2 Å². The second-order valence-electron chi connectivity index (χ2n) is 5.39. The van der Waals surface area contributed by atoms with Crippen LogP contribution in [-0.4, -0.2) is 18.2 Å². The molecule has 1 aliphatic heterocycles. The zero-order chi connectivity index (χ0) is 17.1. The van der Waals surface area contributed by atoms with Crippen molar-refractivity contribution >= 4 is 21.5 Å². The molecule has 0 fully saturated rings. The van der Waals surface area contributed by atoms with Crippen molar-refractivity contribution in [2.75, 3.05) is 13.7 Å². The lowest BCUT2D eigenvalue weighted by Gasteiger charge is -2.17. The number of nitrogens with zero attached hydrogens (tertiary/aromatic N) is 1. The first-order chi connectivity index (χ1) is 11.6.